The molecule has 2 aliphatic heterocycles. The van der Waals surface area contributed by atoms with Crippen molar-refractivity contribution in [3.63, 3.8) is 0 Å². The minimum absolute atomic E-state index is 0.113. The third kappa shape index (κ3) is 4.95. The van der Waals surface area contributed by atoms with E-state index in [-0.39, 0.29) is 23.8 Å². The Morgan fingerprint density at radius 3 is 2.35 bits per heavy atom. The molecule has 0 spiro atoms. The van der Waals surface area contributed by atoms with Gasteiger partial charge in [0.25, 0.3) is 11.5 Å². The number of halogens is 1. The lowest BCUT2D eigenvalue weighted by atomic mass is 10.0. The molecule has 0 N–H and O–H groups in total. The SMILES string of the molecule is CCN1CCN(c2c(C=C3SC(=S)N(Cc4ccc(F)cc4)C3=O)c(=O)n(CC)c3ccccc23)CC1. The van der Waals surface area contributed by atoms with Crippen molar-refractivity contribution in [1.29, 1.82) is 0 Å². The summed E-state index contributed by atoms with van der Waals surface area (Å²) in [4.78, 5) is 33.9. The van der Waals surface area contributed by atoms with Crippen LogP contribution in [0.1, 0.15) is 25.0 Å². The van der Waals surface area contributed by atoms with Crippen molar-refractivity contribution in [2.45, 2.75) is 26.9 Å². The van der Waals surface area contributed by atoms with Gasteiger partial charge in [0, 0.05) is 38.1 Å². The van der Waals surface area contributed by atoms with Gasteiger partial charge in [0.15, 0.2) is 0 Å². The maximum Gasteiger partial charge on any atom is 0.266 e. The van der Waals surface area contributed by atoms with Crippen molar-refractivity contribution in [1.82, 2.24) is 14.4 Å². The molecule has 1 amide bonds. The molecule has 37 heavy (non-hydrogen) atoms. The number of anilines is 1. The largest absolute Gasteiger partial charge is 0.368 e. The average molecular weight is 537 g/mol. The van der Waals surface area contributed by atoms with Crippen LogP contribution < -0.4 is 10.5 Å². The van der Waals surface area contributed by atoms with Crippen LogP contribution in [0.25, 0.3) is 17.0 Å². The van der Waals surface area contributed by atoms with Crippen molar-refractivity contribution in [2.24, 2.45) is 0 Å². The van der Waals surface area contributed by atoms with E-state index in [9.17, 15) is 14.0 Å². The smallest absolute Gasteiger partial charge is 0.266 e. The molecule has 6 nitrogen and oxygen atoms in total. The first-order valence-corrected chi connectivity index (χ1v) is 13.8. The van der Waals surface area contributed by atoms with E-state index in [1.807, 2.05) is 25.1 Å². The zero-order valence-corrected chi connectivity index (χ0v) is 22.6. The van der Waals surface area contributed by atoms with E-state index in [0.29, 0.717) is 21.3 Å². The van der Waals surface area contributed by atoms with Crippen molar-refractivity contribution in [2.75, 3.05) is 37.6 Å². The van der Waals surface area contributed by atoms with Gasteiger partial charge in [-0.15, -0.1) is 0 Å². The van der Waals surface area contributed by atoms with Crippen LogP contribution in [0.15, 0.2) is 58.2 Å². The molecular formula is C28H29FN4O2S2. The number of carbonyl (C=O) groups is 1. The molecule has 1 aromatic heterocycles. The first-order chi connectivity index (χ1) is 17.9. The fourth-order valence-electron chi connectivity index (χ4n) is 5.02. The average Bonchev–Trinajstić information content (AvgIpc) is 3.18. The summed E-state index contributed by atoms with van der Waals surface area (Å²) in [7, 11) is 0. The molecule has 5 rings (SSSR count). The first-order valence-electron chi connectivity index (χ1n) is 12.5. The van der Waals surface area contributed by atoms with Crippen LogP contribution in [0.3, 0.4) is 0 Å². The molecule has 0 aliphatic carbocycles. The summed E-state index contributed by atoms with van der Waals surface area (Å²) in [5.41, 5.74) is 2.96. The van der Waals surface area contributed by atoms with Gasteiger partial charge >= 0.3 is 0 Å². The molecule has 3 aromatic rings. The van der Waals surface area contributed by atoms with Crippen LogP contribution in [0, 0.1) is 5.82 Å². The first kappa shape index (κ1) is 25.6. The quantitative estimate of drug-likeness (QED) is 0.336. The highest BCUT2D eigenvalue weighted by Crippen LogP contribution is 2.37. The second kappa shape index (κ2) is 10.8. The Hall–Kier alpha value is -3.01. The van der Waals surface area contributed by atoms with E-state index in [1.54, 1.807) is 22.8 Å². The molecule has 0 unspecified atom stereocenters. The molecule has 0 saturated carbocycles. The number of benzene rings is 2. The van der Waals surface area contributed by atoms with Crippen LogP contribution >= 0.6 is 24.0 Å². The van der Waals surface area contributed by atoms with Crippen molar-refractivity contribution < 1.29 is 9.18 Å². The lowest BCUT2D eigenvalue weighted by molar-refractivity contribution is -0.122. The van der Waals surface area contributed by atoms with Crippen LogP contribution in [0.2, 0.25) is 0 Å². The lowest BCUT2D eigenvalue weighted by Crippen LogP contribution is -2.47. The Morgan fingerprint density at radius 1 is 0.973 bits per heavy atom. The number of hydrogen-bond acceptors (Lipinski definition) is 6. The zero-order valence-electron chi connectivity index (χ0n) is 20.9. The number of thiocarbonyl (C=S) groups is 1. The molecule has 0 atom stereocenters. The van der Waals surface area contributed by atoms with Gasteiger partial charge in [-0.25, -0.2) is 4.39 Å². The monoisotopic (exact) mass is 536 g/mol. The minimum atomic E-state index is -0.329. The fraction of sp³-hybridized carbons (Fsp3) is 0.321. The molecule has 192 valence electrons. The van der Waals surface area contributed by atoms with Crippen LogP contribution in [-0.2, 0) is 17.9 Å². The Bertz CT molecular complexity index is 1440. The second-order valence-electron chi connectivity index (χ2n) is 9.14. The number of aryl methyl sites for hydroxylation is 1. The molecule has 2 fully saturated rings. The molecule has 2 saturated heterocycles. The molecule has 2 aromatic carbocycles. The van der Waals surface area contributed by atoms with E-state index in [4.69, 9.17) is 12.2 Å². The number of hydrogen-bond donors (Lipinski definition) is 0. The van der Waals surface area contributed by atoms with E-state index in [1.165, 1.54) is 28.8 Å². The minimum Gasteiger partial charge on any atom is -0.368 e. The number of carbonyl (C=O) groups excluding carboxylic acids is 1. The predicted octanol–water partition coefficient (Wildman–Crippen LogP) is 4.70. The maximum absolute atomic E-state index is 13.9. The van der Waals surface area contributed by atoms with Gasteiger partial charge in [-0.1, -0.05) is 61.2 Å². The number of nitrogens with zero attached hydrogens (tertiary/aromatic N) is 4. The van der Waals surface area contributed by atoms with E-state index >= 15 is 0 Å². The summed E-state index contributed by atoms with van der Waals surface area (Å²) in [6.45, 7) is 9.34. The van der Waals surface area contributed by atoms with Crippen molar-refractivity contribution in [3.8, 4) is 0 Å². The van der Waals surface area contributed by atoms with Crippen LogP contribution in [0.5, 0.6) is 0 Å². The van der Waals surface area contributed by atoms with Crippen LogP contribution in [-0.4, -0.2) is 57.3 Å². The number of thioether (sulfide) groups is 1. The Labute approximate surface area is 225 Å². The van der Waals surface area contributed by atoms with Gasteiger partial charge in [-0.05, 0) is 43.3 Å². The number of likely N-dealkylation sites (N-methyl/N-ethyl adjacent to an activating group) is 1. The number of piperazine rings is 1. The number of fused-ring (bicyclic) bond motifs is 1. The van der Waals surface area contributed by atoms with E-state index in [0.717, 1.165) is 54.9 Å². The maximum atomic E-state index is 13.9. The van der Waals surface area contributed by atoms with Gasteiger partial charge in [-0.3, -0.25) is 14.5 Å². The molecule has 0 bridgehead atoms. The summed E-state index contributed by atoms with van der Waals surface area (Å²) >= 11 is 6.74. The van der Waals surface area contributed by atoms with Gasteiger partial charge in [0.05, 0.1) is 28.2 Å². The summed E-state index contributed by atoms with van der Waals surface area (Å²) in [6.07, 6.45) is 1.73. The fourth-order valence-corrected chi connectivity index (χ4v) is 6.26. The summed E-state index contributed by atoms with van der Waals surface area (Å²) < 4.78 is 15.5. The number of amides is 1. The number of rotatable bonds is 6. The zero-order chi connectivity index (χ0) is 26.1. The Kier molecular flexibility index (Phi) is 7.46. The summed E-state index contributed by atoms with van der Waals surface area (Å²) in [5.74, 6) is -0.568. The Morgan fingerprint density at radius 2 is 1.68 bits per heavy atom. The normalized spacial score (nSPS) is 18.0. The van der Waals surface area contributed by atoms with E-state index < -0.39 is 0 Å². The molecule has 3 heterocycles. The molecule has 9 heteroatoms. The van der Waals surface area contributed by atoms with Crippen LogP contribution in [0.4, 0.5) is 10.1 Å². The summed E-state index contributed by atoms with van der Waals surface area (Å²) in [5, 5.41) is 1.00. The van der Waals surface area contributed by atoms with E-state index in [2.05, 4.69) is 22.8 Å². The third-order valence-corrected chi connectivity index (χ3v) is 8.41. The highest BCUT2D eigenvalue weighted by Gasteiger charge is 2.33. The van der Waals surface area contributed by atoms with Gasteiger partial charge < -0.3 is 14.4 Å². The number of para-hydroxylation sites is 1. The standard InChI is InChI=1S/C28H29FN4O2S2/c1-3-30-13-15-31(16-14-30)25-21-7-5-6-8-23(21)32(4-2)26(34)22(25)17-24-27(35)33(28(36)37-24)18-19-9-11-20(29)12-10-19/h5-12,17H,3-4,13-16,18H2,1-2H3. The predicted molar refractivity (Wildman–Crippen MR) is 153 cm³/mol. The highest BCUT2D eigenvalue weighted by molar-refractivity contribution is 8.26. The van der Waals surface area contributed by atoms with Gasteiger partial charge in [0.1, 0.15) is 10.1 Å². The van der Waals surface area contributed by atoms with Gasteiger partial charge in [0.2, 0.25) is 0 Å². The number of pyridine rings is 1. The number of aromatic nitrogens is 1. The topological polar surface area (TPSA) is 48.8 Å². The lowest BCUT2D eigenvalue weighted by Gasteiger charge is -2.37. The second-order valence-corrected chi connectivity index (χ2v) is 10.8. The molecular weight excluding hydrogens is 507 g/mol. The highest BCUT2D eigenvalue weighted by atomic mass is 32.2. The summed E-state index contributed by atoms with van der Waals surface area (Å²) in [6, 6.07) is 14.0. The third-order valence-electron chi connectivity index (χ3n) is 7.04. The van der Waals surface area contributed by atoms with Crippen molar-refractivity contribution >= 4 is 56.9 Å². The van der Waals surface area contributed by atoms with Gasteiger partial charge in [-0.2, -0.15) is 0 Å². The molecule has 0 radical (unpaired) electrons. The van der Waals surface area contributed by atoms with Crippen molar-refractivity contribution in [3.05, 3.63) is 80.7 Å². The Balaban J connectivity index is 1.59. The molecule has 2 aliphatic rings.